The number of rotatable bonds is 4. The highest BCUT2D eigenvalue weighted by molar-refractivity contribution is 8.22. The van der Waals surface area contributed by atoms with Crippen LogP contribution >= 0.6 is 23.5 Å². The van der Waals surface area contributed by atoms with Crippen molar-refractivity contribution in [3.63, 3.8) is 0 Å². The van der Waals surface area contributed by atoms with Gasteiger partial charge in [-0.1, -0.05) is 30.0 Å². The molecule has 0 radical (unpaired) electrons. The van der Waals surface area contributed by atoms with E-state index in [9.17, 15) is 10.1 Å². The van der Waals surface area contributed by atoms with E-state index in [0.29, 0.717) is 27.1 Å². The molecule has 1 atom stereocenters. The number of nitrogens with zero attached hydrogens (tertiary/aromatic N) is 2. The molecule has 1 N–H and O–H groups in total. The lowest BCUT2D eigenvalue weighted by atomic mass is 10.2. The normalized spacial score (nSPS) is 17.6. The fourth-order valence-electron chi connectivity index (χ4n) is 2.73. The van der Waals surface area contributed by atoms with Gasteiger partial charge in [-0.05, 0) is 35.4 Å². The van der Waals surface area contributed by atoms with Crippen molar-refractivity contribution in [3.8, 4) is 23.6 Å². The van der Waals surface area contributed by atoms with Crippen molar-refractivity contribution in [1.29, 1.82) is 10.5 Å². The number of thioether (sulfide) groups is 2. The Morgan fingerprint density at radius 2 is 1.89 bits per heavy atom. The molecule has 0 bridgehead atoms. The molecule has 0 saturated heterocycles. The zero-order valence-electron chi connectivity index (χ0n) is 14.5. The second-order valence-corrected chi connectivity index (χ2v) is 8.32. The predicted molar refractivity (Wildman–Crippen MR) is 106 cm³/mol. The Morgan fingerprint density at radius 3 is 2.64 bits per heavy atom. The molecule has 0 saturated carbocycles. The van der Waals surface area contributed by atoms with Crippen LogP contribution in [0.4, 0.5) is 0 Å². The van der Waals surface area contributed by atoms with Crippen LogP contribution in [0.15, 0.2) is 52.3 Å². The highest BCUT2D eigenvalue weighted by atomic mass is 32.2. The van der Waals surface area contributed by atoms with Gasteiger partial charge in [-0.15, -0.1) is 11.8 Å². The maximum Gasteiger partial charge on any atom is 0.264 e. The van der Waals surface area contributed by atoms with Gasteiger partial charge in [0.2, 0.25) is 6.79 Å². The van der Waals surface area contributed by atoms with Crippen molar-refractivity contribution in [2.45, 2.75) is 11.1 Å². The van der Waals surface area contributed by atoms with E-state index in [0.717, 1.165) is 11.1 Å². The van der Waals surface area contributed by atoms with Crippen LogP contribution in [0, 0.1) is 22.7 Å². The van der Waals surface area contributed by atoms with Gasteiger partial charge in [0, 0.05) is 5.75 Å². The highest BCUT2D eigenvalue weighted by Crippen LogP contribution is 2.46. The third-order valence-corrected chi connectivity index (χ3v) is 6.81. The number of benzene rings is 2. The van der Waals surface area contributed by atoms with Crippen LogP contribution in [0.25, 0.3) is 0 Å². The fraction of sp³-hybridized carbons (Fsp3) is 0.150. The van der Waals surface area contributed by atoms with Gasteiger partial charge in [0.25, 0.3) is 5.91 Å². The van der Waals surface area contributed by atoms with Gasteiger partial charge in [-0.3, -0.25) is 4.79 Å². The Balaban J connectivity index is 1.53. The van der Waals surface area contributed by atoms with E-state index < -0.39 is 0 Å². The van der Waals surface area contributed by atoms with Crippen molar-refractivity contribution in [2.75, 3.05) is 6.79 Å². The molecule has 0 spiro atoms. The molecule has 28 heavy (non-hydrogen) atoms. The summed E-state index contributed by atoms with van der Waals surface area (Å²) < 4.78 is 11.4. The van der Waals surface area contributed by atoms with Gasteiger partial charge in [0.05, 0.1) is 15.9 Å². The minimum absolute atomic E-state index is 0.126. The summed E-state index contributed by atoms with van der Waals surface area (Å²) in [5, 5.41) is 20.9. The molecule has 8 heteroatoms. The van der Waals surface area contributed by atoms with Gasteiger partial charge in [0.15, 0.2) is 11.5 Å². The Bertz CT molecular complexity index is 1050. The Labute approximate surface area is 170 Å². The van der Waals surface area contributed by atoms with Crippen LogP contribution in [0.3, 0.4) is 0 Å². The summed E-state index contributed by atoms with van der Waals surface area (Å²) in [5.41, 5.74) is 2.61. The minimum Gasteiger partial charge on any atom is -0.454 e. The molecule has 2 aliphatic heterocycles. The van der Waals surface area contributed by atoms with Crippen molar-refractivity contribution >= 4 is 29.4 Å². The molecule has 2 aliphatic rings. The third-order valence-electron chi connectivity index (χ3n) is 4.18. The average Bonchev–Trinajstić information content (AvgIpc) is 3.20. The number of carbonyl (C=O) groups excluding carboxylic acids is 1. The van der Waals surface area contributed by atoms with E-state index in [1.165, 1.54) is 23.5 Å². The van der Waals surface area contributed by atoms with Crippen molar-refractivity contribution in [2.24, 2.45) is 0 Å². The molecule has 1 amide bonds. The third kappa shape index (κ3) is 3.65. The monoisotopic (exact) mass is 407 g/mol. The van der Waals surface area contributed by atoms with Crippen LogP contribution < -0.4 is 14.8 Å². The molecular weight excluding hydrogens is 394 g/mol. The maximum atomic E-state index is 12.4. The first kappa shape index (κ1) is 18.3. The van der Waals surface area contributed by atoms with Crippen LogP contribution in [-0.2, 0) is 10.5 Å². The second-order valence-electron chi connectivity index (χ2n) is 5.96. The summed E-state index contributed by atoms with van der Waals surface area (Å²) in [6, 6.07) is 16.9. The zero-order chi connectivity index (χ0) is 19.5. The van der Waals surface area contributed by atoms with Crippen molar-refractivity contribution in [1.82, 2.24) is 5.32 Å². The van der Waals surface area contributed by atoms with Gasteiger partial charge in [-0.2, -0.15) is 10.5 Å². The minimum atomic E-state index is -0.383. The fourth-order valence-corrected chi connectivity index (χ4v) is 5.16. The summed E-state index contributed by atoms with van der Waals surface area (Å²) in [7, 11) is 0. The molecule has 2 heterocycles. The Hall–Kier alpha value is -3.07. The number of hydrogen-bond donors (Lipinski definition) is 1. The van der Waals surface area contributed by atoms with E-state index >= 15 is 0 Å². The SMILES string of the molecule is N#CC1=C(SCc2ccc(C#N)cc2)SC(c2ccc3c(c2)OCO3)NC1=O. The maximum absolute atomic E-state index is 12.4. The lowest BCUT2D eigenvalue weighted by Gasteiger charge is -2.25. The topological polar surface area (TPSA) is 95.1 Å². The van der Waals surface area contributed by atoms with Gasteiger partial charge in [-0.25, -0.2) is 0 Å². The highest BCUT2D eigenvalue weighted by Gasteiger charge is 2.30. The van der Waals surface area contributed by atoms with E-state index in [-0.39, 0.29) is 23.6 Å². The number of ether oxygens (including phenoxy) is 2. The summed E-state index contributed by atoms with van der Waals surface area (Å²) in [6.45, 7) is 0.188. The molecule has 0 fully saturated rings. The van der Waals surface area contributed by atoms with Crippen LogP contribution in [0.5, 0.6) is 11.5 Å². The zero-order valence-corrected chi connectivity index (χ0v) is 16.1. The second kappa shape index (κ2) is 7.89. The Kier molecular flexibility index (Phi) is 5.16. The summed E-state index contributed by atoms with van der Waals surface area (Å²) in [5.74, 6) is 1.54. The Morgan fingerprint density at radius 1 is 1.11 bits per heavy atom. The first-order chi connectivity index (χ1) is 13.7. The van der Waals surface area contributed by atoms with E-state index in [1.807, 2.05) is 36.4 Å². The molecule has 4 rings (SSSR count). The molecule has 2 aromatic rings. The first-order valence-electron chi connectivity index (χ1n) is 8.31. The number of hydrogen-bond acceptors (Lipinski definition) is 7. The molecule has 0 aliphatic carbocycles. The summed E-state index contributed by atoms with van der Waals surface area (Å²) >= 11 is 2.88. The van der Waals surface area contributed by atoms with Crippen LogP contribution in [0.2, 0.25) is 0 Å². The van der Waals surface area contributed by atoms with Gasteiger partial charge >= 0.3 is 0 Å². The summed E-state index contributed by atoms with van der Waals surface area (Å²) in [4.78, 5) is 12.4. The van der Waals surface area contributed by atoms with Crippen molar-refractivity contribution in [3.05, 3.63) is 69.0 Å². The number of nitrogens with one attached hydrogen (secondary N) is 1. The number of nitriles is 2. The van der Waals surface area contributed by atoms with Crippen LogP contribution in [0.1, 0.15) is 22.1 Å². The van der Waals surface area contributed by atoms with E-state index in [1.54, 1.807) is 12.1 Å². The average molecular weight is 407 g/mol. The van der Waals surface area contributed by atoms with Crippen molar-refractivity contribution < 1.29 is 14.3 Å². The first-order valence-corrected chi connectivity index (χ1v) is 10.2. The van der Waals surface area contributed by atoms with Crippen LogP contribution in [-0.4, -0.2) is 12.7 Å². The molecule has 138 valence electrons. The van der Waals surface area contributed by atoms with E-state index in [4.69, 9.17) is 14.7 Å². The predicted octanol–water partition coefficient (Wildman–Crippen LogP) is 3.82. The number of fused-ring (bicyclic) bond motifs is 1. The standard InChI is InChI=1S/C20H13N3O3S2/c21-8-12-1-3-13(4-2-12)10-27-20-15(9-22)18(24)23-19(28-20)14-5-6-16-17(7-14)26-11-25-16/h1-7,19H,10-11H2,(H,23,24). The quantitative estimate of drug-likeness (QED) is 0.823. The lowest BCUT2D eigenvalue weighted by Crippen LogP contribution is -2.31. The number of amides is 1. The van der Waals surface area contributed by atoms with Gasteiger partial charge < -0.3 is 14.8 Å². The smallest absolute Gasteiger partial charge is 0.264 e. The lowest BCUT2D eigenvalue weighted by molar-refractivity contribution is -0.117. The molecule has 6 nitrogen and oxygen atoms in total. The summed E-state index contributed by atoms with van der Waals surface area (Å²) in [6.07, 6.45) is 0. The molecule has 0 aromatic heterocycles. The molecule has 2 aromatic carbocycles. The molecule has 1 unspecified atom stereocenters. The van der Waals surface area contributed by atoms with E-state index in [2.05, 4.69) is 11.4 Å². The van der Waals surface area contributed by atoms with Gasteiger partial charge in [0.1, 0.15) is 17.0 Å². The molecular formula is C20H13N3O3S2. The largest absolute Gasteiger partial charge is 0.454 e. The number of carbonyl (C=O) groups is 1.